The van der Waals surface area contributed by atoms with E-state index < -0.39 is 0 Å². The molecular formula is C10H24OSi. The van der Waals surface area contributed by atoms with Crippen molar-refractivity contribution in [3.05, 3.63) is 0 Å². The topological polar surface area (TPSA) is 9.23 Å². The molecule has 74 valence electrons. The highest BCUT2D eigenvalue weighted by molar-refractivity contribution is 6.26. The Morgan fingerprint density at radius 1 is 1.08 bits per heavy atom. The van der Waals surface area contributed by atoms with Crippen LogP contribution in [0.4, 0.5) is 0 Å². The summed E-state index contributed by atoms with van der Waals surface area (Å²) in [6, 6.07) is 1.36. The van der Waals surface area contributed by atoms with Crippen LogP contribution in [0.2, 0.25) is 6.04 Å². The fourth-order valence-corrected chi connectivity index (χ4v) is 2.10. The van der Waals surface area contributed by atoms with E-state index in [9.17, 15) is 0 Å². The molecule has 0 aliphatic carbocycles. The number of unbranched alkanes of at least 4 members (excludes halogenated alkanes) is 2. The van der Waals surface area contributed by atoms with E-state index in [0.29, 0.717) is 5.41 Å². The molecule has 0 saturated heterocycles. The molecule has 0 rings (SSSR count). The van der Waals surface area contributed by atoms with E-state index >= 15 is 0 Å². The van der Waals surface area contributed by atoms with Crippen molar-refractivity contribution in [3.63, 3.8) is 0 Å². The lowest BCUT2D eigenvalue weighted by atomic mass is 9.90. The zero-order valence-electron chi connectivity index (χ0n) is 9.15. The Bertz CT molecular complexity index is 96.5. The minimum atomic E-state index is -0.140. The molecule has 0 bridgehead atoms. The summed E-state index contributed by atoms with van der Waals surface area (Å²) in [4.78, 5) is 0. The first kappa shape index (κ1) is 12.2. The predicted octanol–water partition coefficient (Wildman–Crippen LogP) is 2.74. The van der Waals surface area contributed by atoms with E-state index in [-0.39, 0.29) is 9.76 Å². The van der Waals surface area contributed by atoms with Crippen LogP contribution in [-0.4, -0.2) is 16.9 Å². The highest BCUT2D eigenvalue weighted by Crippen LogP contribution is 2.22. The zero-order chi connectivity index (χ0) is 9.45. The summed E-state index contributed by atoms with van der Waals surface area (Å²) in [6.07, 6.45) is 5.53. The van der Waals surface area contributed by atoms with Gasteiger partial charge >= 0.3 is 0 Å². The van der Waals surface area contributed by atoms with Crippen LogP contribution in [-0.2, 0) is 4.43 Å². The van der Waals surface area contributed by atoms with Crippen molar-refractivity contribution in [2.24, 2.45) is 5.41 Å². The molecule has 0 aliphatic heterocycles. The number of hydrogen-bond donors (Lipinski definition) is 0. The second kappa shape index (κ2) is 6.67. The van der Waals surface area contributed by atoms with Gasteiger partial charge in [-0.3, -0.25) is 0 Å². The molecule has 0 aliphatic rings. The Kier molecular flexibility index (Phi) is 6.77. The van der Waals surface area contributed by atoms with Gasteiger partial charge in [0.2, 0.25) is 0 Å². The second-order valence-electron chi connectivity index (χ2n) is 4.72. The summed E-state index contributed by atoms with van der Waals surface area (Å²) in [5.41, 5.74) is 0.526. The van der Waals surface area contributed by atoms with Gasteiger partial charge in [-0.25, -0.2) is 0 Å². The molecule has 0 N–H and O–H groups in total. The van der Waals surface area contributed by atoms with Gasteiger partial charge in [-0.1, -0.05) is 40.0 Å². The van der Waals surface area contributed by atoms with Gasteiger partial charge in [0.05, 0.1) is 0 Å². The van der Waals surface area contributed by atoms with Gasteiger partial charge < -0.3 is 4.43 Å². The highest BCUT2D eigenvalue weighted by Gasteiger charge is 2.08. The summed E-state index contributed by atoms with van der Waals surface area (Å²) >= 11 is 0. The van der Waals surface area contributed by atoms with E-state index in [1.54, 1.807) is 0 Å². The SMILES string of the molecule is CO[SiH2]CCCCCC(C)(C)C. The number of hydrogen-bond acceptors (Lipinski definition) is 1. The summed E-state index contributed by atoms with van der Waals surface area (Å²) in [6.45, 7) is 6.95. The Balaban J connectivity index is 3.01. The maximum atomic E-state index is 5.13. The van der Waals surface area contributed by atoms with Crippen molar-refractivity contribution in [1.29, 1.82) is 0 Å². The predicted molar refractivity (Wildman–Crippen MR) is 58.3 cm³/mol. The monoisotopic (exact) mass is 188 g/mol. The first-order valence-electron chi connectivity index (χ1n) is 5.05. The molecule has 0 spiro atoms. The fraction of sp³-hybridized carbons (Fsp3) is 1.00. The normalized spacial score (nSPS) is 13.0. The van der Waals surface area contributed by atoms with Gasteiger partial charge in [-0.05, 0) is 17.9 Å². The summed E-state index contributed by atoms with van der Waals surface area (Å²) in [5, 5.41) is 0. The average molecular weight is 188 g/mol. The van der Waals surface area contributed by atoms with E-state index in [1.807, 2.05) is 7.11 Å². The molecular weight excluding hydrogens is 164 g/mol. The first-order chi connectivity index (χ1) is 5.56. The van der Waals surface area contributed by atoms with Gasteiger partial charge in [0.15, 0.2) is 9.76 Å². The van der Waals surface area contributed by atoms with Crippen molar-refractivity contribution in [2.45, 2.75) is 52.5 Å². The molecule has 0 aromatic heterocycles. The number of rotatable bonds is 6. The van der Waals surface area contributed by atoms with Crippen molar-refractivity contribution < 1.29 is 4.43 Å². The largest absolute Gasteiger partial charge is 0.427 e. The fourth-order valence-electron chi connectivity index (χ4n) is 1.26. The minimum Gasteiger partial charge on any atom is -0.427 e. The van der Waals surface area contributed by atoms with Gasteiger partial charge in [-0.15, -0.1) is 0 Å². The van der Waals surface area contributed by atoms with Gasteiger partial charge in [0.25, 0.3) is 0 Å². The summed E-state index contributed by atoms with van der Waals surface area (Å²) in [5.74, 6) is 0. The Hall–Kier alpha value is 0.177. The first-order valence-corrected chi connectivity index (χ1v) is 6.63. The van der Waals surface area contributed by atoms with Crippen LogP contribution in [0.1, 0.15) is 46.5 Å². The van der Waals surface area contributed by atoms with E-state index in [2.05, 4.69) is 20.8 Å². The van der Waals surface area contributed by atoms with Crippen molar-refractivity contribution in [1.82, 2.24) is 0 Å². The Morgan fingerprint density at radius 2 is 1.75 bits per heavy atom. The smallest absolute Gasteiger partial charge is 0.161 e. The summed E-state index contributed by atoms with van der Waals surface area (Å²) in [7, 11) is 1.69. The van der Waals surface area contributed by atoms with Crippen molar-refractivity contribution in [2.75, 3.05) is 7.11 Å². The van der Waals surface area contributed by atoms with Crippen LogP contribution >= 0.6 is 0 Å². The maximum Gasteiger partial charge on any atom is 0.161 e. The lowest BCUT2D eigenvalue weighted by Crippen LogP contribution is -2.04. The third-order valence-electron chi connectivity index (χ3n) is 2.03. The van der Waals surface area contributed by atoms with E-state index in [4.69, 9.17) is 4.43 Å². The van der Waals surface area contributed by atoms with Crippen LogP contribution < -0.4 is 0 Å². The average Bonchev–Trinajstić information content (AvgIpc) is 1.94. The van der Waals surface area contributed by atoms with Gasteiger partial charge in [0, 0.05) is 7.11 Å². The van der Waals surface area contributed by atoms with Crippen LogP contribution in [0.3, 0.4) is 0 Å². The quantitative estimate of drug-likeness (QED) is 0.460. The van der Waals surface area contributed by atoms with Crippen molar-refractivity contribution >= 4 is 9.76 Å². The van der Waals surface area contributed by atoms with Gasteiger partial charge in [-0.2, -0.15) is 0 Å². The van der Waals surface area contributed by atoms with E-state index in [1.165, 1.54) is 31.7 Å². The van der Waals surface area contributed by atoms with Gasteiger partial charge in [0.1, 0.15) is 0 Å². The zero-order valence-corrected chi connectivity index (χ0v) is 10.6. The molecule has 0 atom stereocenters. The molecule has 0 aromatic rings. The molecule has 0 saturated carbocycles. The minimum absolute atomic E-state index is 0.140. The molecule has 2 heteroatoms. The summed E-state index contributed by atoms with van der Waals surface area (Å²) < 4.78 is 5.13. The molecule has 0 fully saturated rings. The third-order valence-corrected chi connectivity index (χ3v) is 3.22. The van der Waals surface area contributed by atoms with Crippen LogP contribution in [0.5, 0.6) is 0 Å². The van der Waals surface area contributed by atoms with Crippen molar-refractivity contribution in [3.8, 4) is 0 Å². The molecule has 0 heterocycles. The van der Waals surface area contributed by atoms with Crippen LogP contribution in [0.15, 0.2) is 0 Å². The molecule has 0 unspecified atom stereocenters. The maximum absolute atomic E-state index is 5.13. The molecule has 12 heavy (non-hydrogen) atoms. The standard InChI is InChI=1S/C10H24OSi/c1-10(2,3)8-6-5-7-9-12-11-4/h5-9,12H2,1-4H3. The Labute approximate surface area is 79.8 Å². The molecule has 0 radical (unpaired) electrons. The van der Waals surface area contributed by atoms with E-state index in [0.717, 1.165) is 0 Å². The molecule has 0 aromatic carbocycles. The van der Waals surface area contributed by atoms with Crippen LogP contribution in [0, 0.1) is 5.41 Å². The lowest BCUT2D eigenvalue weighted by molar-refractivity contribution is 0.358. The lowest BCUT2D eigenvalue weighted by Gasteiger charge is -2.17. The second-order valence-corrected chi connectivity index (χ2v) is 6.41. The third kappa shape index (κ3) is 10.2. The molecule has 0 amide bonds. The van der Waals surface area contributed by atoms with Crippen LogP contribution in [0.25, 0.3) is 0 Å². The highest BCUT2D eigenvalue weighted by atomic mass is 28.2. The Morgan fingerprint density at radius 3 is 2.25 bits per heavy atom. The molecule has 1 nitrogen and oxygen atoms in total.